The van der Waals surface area contributed by atoms with Gasteiger partial charge in [-0.3, -0.25) is 4.79 Å². The van der Waals surface area contributed by atoms with E-state index in [1.165, 1.54) is 13.1 Å². The van der Waals surface area contributed by atoms with Gasteiger partial charge in [0.2, 0.25) is 5.91 Å². The normalized spacial score (nSPS) is 11.0. The van der Waals surface area contributed by atoms with Crippen LogP contribution in [-0.4, -0.2) is 20.7 Å². The van der Waals surface area contributed by atoms with Gasteiger partial charge in [-0.25, -0.2) is 9.67 Å². The molecule has 2 heterocycles. The Balaban J connectivity index is 2.11. The molecule has 2 aromatic heterocycles. The van der Waals surface area contributed by atoms with Crippen molar-refractivity contribution in [3.63, 3.8) is 0 Å². The molecule has 0 aliphatic heterocycles. The number of aromatic nitrogens is 3. The maximum atomic E-state index is 12.7. The summed E-state index contributed by atoms with van der Waals surface area (Å²) in [5.74, 6) is -0.00852. The number of aryl methyl sites for hydroxylation is 1. The zero-order chi connectivity index (χ0) is 15.6. The van der Waals surface area contributed by atoms with Crippen LogP contribution >= 0.6 is 11.6 Å². The van der Waals surface area contributed by atoms with Crippen molar-refractivity contribution in [2.24, 2.45) is 0 Å². The summed E-state index contributed by atoms with van der Waals surface area (Å²) in [6.07, 6.45) is 1.36. The van der Waals surface area contributed by atoms with Gasteiger partial charge in [0.25, 0.3) is 0 Å². The van der Waals surface area contributed by atoms with E-state index in [1.807, 2.05) is 0 Å². The first-order chi connectivity index (χ1) is 9.88. The van der Waals surface area contributed by atoms with Crippen LogP contribution in [0.25, 0.3) is 0 Å². The molecular weight excluding hydrogens is 302 g/mol. The number of nitrogens with zero attached hydrogens (tertiary/aromatic N) is 3. The SMILES string of the molecule is Cc1nn(C(F)F)c(C)c1CC(=O)Nc1ccc(Cl)cn1. The fourth-order valence-electron chi connectivity index (χ4n) is 1.94. The molecule has 0 saturated heterocycles. The van der Waals surface area contributed by atoms with Gasteiger partial charge >= 0.3 is 6.55 Å². The number of alkyl halides is 2. The van der Waals surface area contributed by atoms with Crippen LogP contribution < -0.4 is 5.32 Å². The van der Waals surface area contributed by atoms with Gasteiger partial charge in [-0.05, 0) is 26.0 Å². The van der Waals surface area contributed by atoms with E-state index in [0.29, 0.717) is 26.8 Å². The Morgan fingerprint density at radius 3 is 2.67 bits per heavy atom. The molecule has 0 aliphatic carbocycles. The van der Waals surface area contributed by atoms with Crippen LogP contribution in [0.2, 0.25) is 5.02 Å². The molecule has 0 bridgehead atoms. The average molecular weight is 315 g/mol. The van der Waals surface area contributed by atoms with Crippen molar-refractivity contribution >= 4 is 23.3 Å². The van der Waals surface area contributed by atoms with Gasteiger partial charge in [0.05, 0.1) is 17.1 Å². The Labute approximate surface area is 124 Å². The molecule has 0 aromatic carbocycles. The summed E-state index contributed by atoms with van der Waals surface area (Å²) < 4.78 is 26.1. The number of carbonyl (C=O) groups is 1. The highest BCUT2D eigenvalue weighted by atomic mass is 35.5. The third-order valence-corrected chi connectivity index (χ3v) is 3.22. The van der Waals surface area contributed by atoms with Crippen LogP contribution in [-0.2, 0) is 11.2 Å². The molecule has 21 heavy (non-hydrogen) atoms. The van der Waals surface area contributed by atoms with Crippen molar-refractivity contribution in [1.82, 2.24) is 14.8 Å². The second kappa shape index (κ2) is 6.17. The minimum atomic E-state index is -2.72. The van der Waals surface area contributed by atoms with Crippen molar-refractivity contribution in [2.75, 3.05) is 5.32 Å². The van der Waals surface area contributed by atoms with Crippen molar-refractivity contribution in [3.8, 4) is 0 Å². The molecule has 2 rings (SSSR count). The highest BCUT2D eigenvalue weighted by Gasteiger charge is 2.19. The summed E-state index contributed by atoms with van der Waals surface area (Å²) in [5.41, 5.74) is 1.18. The molecule has 112 valence electrons. The van der Waals surface area contributed by atoms with Crippen LogP contribution in [0.3, 0.4) is 0 Å². The number of hydrogen-bond donors (Lipinski definition) is 1. The van der Waals surface area contributed by atoms with Crippen molar-refractivity contribution in [3.05, 3.63) is 40.3 Å². The van der Waals surface area contributed by atoms with Crippen molar-refractivity contribution in [1.29, 1.82) is 0 Å². The van der Waals surface area contributed by atoms with Gasteiger partial charge in [-0.2, -0.15) is 13.9 Å². The molecular formula is C13H13ClF2N4O. The lowest BCUT2D eigenvalue weighted by atomic mass is 10.1. The Bertz CT molecular complexity index is 655. The van der Waals surface area contributed by atoms with Crippen LogP contribution in [0.1, 0.15) is 23.5 Å². The summed E-state index contributed by atoms with van der Waals surface area (Å²) in [6, 6.07) is 3.15. The molecule has 0 fully saturated rings. The number of anilines is 1. The van der Waals surface area contributed by atoms with Gasteiger partial charge in [0.1, 0.15) is 5.82 Å². The van der Waals surface area contributed by atoms with Gasteiger partial charge in [-0.15, -0.1) is 0 Å². The number of hydrogen-bond acceptors (Lipinski definition) is 3. The summed E-state index contributed by atoms with van der Waals surface area (Å²) in [6.45, 7) is 0.378. The van der Waals surface area contributed by atoms with E-state index in [9.17, 15) is 13.6 Å². The number of halogens is 3. The average Bonchev–Trinajstić information content (AvgIpc) is 2.69. The molecule has 0 aliphatic rings. The molecule has 2 aromatic rings. The van der Waals surface area contributed by atoms with Crippen molar-refractivity contribution < 1.29 is 13.6 Å². The zero-order valence-corrected chi connectivity index (χ0v) is 12.2. The highest BCUT2D eigenvalue weighted by molar-refractivity contribution is 6.30. The molecule has 0 radical (unpaired) electrons. The first-order valence-corrected chi connectivity index (χ1v) is 6.50. The van der Waals surface area contributed by atoms with Crippen LogP contribution in [0.5, 0.6) is 0 Å². The Morgan fingerprint density at radius 1 is 1.43 bits per heavy atom. The maximum Gasteiger partial charge on any atom is 0.333 e. The van der Waals surface area contributed by atoms with Gasteiger partial charge in [-0.1, -0.05) is 11.6 Å². The number of carbonyl (C=O) groups excluding carboxylic acids is 1. The Morgan fingerprint density at radius 2 is 2.14 bits per heavy atom. The third-order valence-electron chi connectivity index (χ3n) is 2.99. The number of amides is 1. The first-order valence-electron chi connectivity index (χ1n) is 6.12. The molecule has 0 saturated carbocycles. The fraction of sp³-hybridized carbons (Fsp3) is 0.308. The number of rotatable bonds is 4. The summed E-state index contributed by atoms with van der Waals surface area (Å²) >= 11 is 5.69. The summed E-state index contributed by atoms with van der Waals surface area (Å²) in [7, 11) is 0. The van der Waals surface area contributed by atoms with Gasteiger partial charge < -0.3 is 5.32 Å². The smallest absolute Gasteiger partial charge is 0.310 e. The molecule has 1 amide bonds. The predicted octanol–water partition coefficient (Wildman–Crippen LogP) is 3.12. The first kappa shape index (κ1) is 15.4. The van der Waals surface area contributed by atoms with E-state index >= 15 is 0 Å². The molecule has 5 nitrogen and oxygen atoms in total. The molecule has 0 spiro atoms. The second-order valence-corrected chi connectivity index (χ2v) is 4.89. The van der Waals surface area contributed by atoms with Crippen LogP contribution in [0.15, 0.2) is 18.3 Å². The van der Waals surface area contributed by atoms with E-state index in [-0.39, 0.29) is 18.0 Å². The van der Waals surface area contributed by atoms with Crippen LogP contribution in [0, 0.1) is 13.8 Å². The predicted molar refractivity (Wildman–Crippen MR) is 74.5 cm³/mol. The zero-order valence-electron chi connectivity index (χ0n) is 11.4. The van der Waals surface area contributed by atoms with Gasteiger partial charge in [0.15, 0.2) is 0 Å². The minimum absolute atomic E-state index is 0.0469. The van der Waals surface area contributed by atoms with Gasteiger partial charge in [0, 0.05) is 17.5 Å². The Kier molecular flexibility index (Phi) is 4.52. The van der Waals surface area contributed by atoms with Crippen LogP contribution in [0.4, 0.5) is 14.6 Å². The van der Waals surface area contributed by atoms with E-state index in [1.54, 1.807) is 19.1 Å². The van der Waals surface area contributed by atoms with Crippen molar-refractivity contribution in [2.45, 2.75) is 26.8 Å². The lowest BCUT2D eigenvalue weighted by molar-refractivity contribution is -0.115. The van der Waals surface area contributed by atoms with E-state index in [2.05, 4.69) is 15.4 Å². The molecule has 0 atom stereocenters. The fourth-order valence-corrected chi connectivity index (χ4v) is 2.05. The van der Waals surface area contributed by atoms with E-state index < -0.39 is 6.55 Å². The molecule has 0 unspecified atom stereocenters. The second-order valence-electron chi connectivity index (χ2n) is 4.46. The largest absolute Gasteiger partial charge is 0.333 e. The molecule has 8 heteroatoms. The quantitative estimate of drug-likeness (QED) is 0.943. The highest BCUT2D eigenvalue weighted by Crippen LogP contribution is 2.20. The lowest BCUT2D eigenvalue weighted by Gasteiger charge is -2.05. The molecule has 1 N–H and O–H groups in total. The number of nitrogens with one attached hydrogen (secondary N) is 1. The lowest BCUT2D eigenvalue weighted by Crippen LogP contribution is -2.16. The number of pyridine rings is 1. The van der Waals surface area contributed by atoms with E-state index in [4.69, 9.17) is 11.6 Å². The monoisotopic (exact) mass is 314 g/mol. The van der Waals surface area contributed by atoms with E-state index in [0.717, 1.165) is 0 Å². The Hall–Kier alpha value is -2.02. The third kappa shape index (κ3) is 3.55. The topological polar surface area (TPSA) is 59.8 Å². The minimum Gasteiger partial charge on any atom is -0.310 e. The maximum absolute atomic E-state index is 12.7. The summed E-state index contributed by atoms with van der Waals surface area (Å²) in [5, 5.41) is 6.77. The summed E-state index contributed by atoms with van der Waals surface area (Å²) in [4.78, 5) is 15.9. The standard InChI is InChI=1S/C13H13ClF2N4O/c1-7-10(8(2)20(19-7)13(15)16)5-12(21)18-11-4-3-9(14)6-17-11/h3-4,6,13H,5H2,1-2H3,(H,17,18,21).